The van der Waals surface area contributed by atoms with E-state index in [0.29, 0.717) is 6.42 Å². The van der Waals surface area contributed by atoms with Gasteiger partial charge in [-0.25, -0.2) is 0 Å². The molecule has 78 valence electrons. The molecule has 1 aromatic rings. The summed E-state index contributed by atoms with van der Waals surface area (Å²) < 4.78 is 0. The average molecular weight is 200 g/mol. The maximum Gasteiger partial charge on any atom is 0.155 e. The van der Waals surface area contributed by atoms with E-state index >= 15 is 0 Å². The second kappa shape index (κ2) is 3.65. The molecular weight excluding hydrogens is 184 g/mol. The summed E-state index contributed by atoms with van der Waals surface area (Å²) in [6.07, 6.45) is 3.40. The first-order valence-electron chi connectivity index (χ1n) is 5.40. The van der Waals surface area contributed by atoms with Gasteiger partial charge in [0.1, 0.15) is 0 Å². The summed E-state index contributed by atoms with van der Waals surface area (Å²) in [6, 6.07) is 10.4. The van der Waals surface area contributed by atoms with Gasteiger partial charge < -0.3 is 0 Å². The fourth-order valence-electron chi connectivity index (χ4n) is 2.22. The molecule has 2 rings (SSSR count). The van der Waals surface area contributed by atoms with Crippen molar-refractivity contribution in [3.8, 4) is 0 Å². The van der Waals surface area contributed by atoms with E-state index in [1.165, 1.54) is 11.1 Å². The van der Waals surface area contributed by atoms with E-state index < -0.39 is 0 Å². The van der Waals surface area contributed by atoms with E-state index in [9.17, 15) is 4.79 Å². The first-order chi connectivity index (χ1) is 7.13. The quantitative estimate of drug-likeness (QED) is 0.680. The van der Waals surface area contributed by atoms with Crippen molar-refractivity contribution in [2.45, 2.75) is 32.1 Å². The number of benzene rings is 1. The van der Waals surface area contributed by atoms with Crippen LogP contribution in [-0.4, -0.2) is 5.78 Å². The Bertz CT molecular complexity index is 403. The Morgan fingerprint density at radius 3 is 2.47 bits per heavy atom. The van der Waals surface area contributed by atoms with E-state index in [0.717, 1.165) is 6.42 Å². The monoisotopic (exact) mass is 200 g/mol. The highest BCUT2D eigenvalue weighted by atomic mass is 16.1. The molecule has 1 aliphatic rings. The minimum absolute atomic E-state index is 0.0508. The summed E-state index contributed by atoms with van der Waals surface area (Å²) in [4.78, 5) is 11.3. The van der Waals surface area contributed by atoms with Crippen LogP contribution in [0.15, 0.2) is 42.0 Å². The van der Waals surface area contributed by atoms with Gasteiger partial charge in [0.25, 0.3) is 0 Å². The van der Waals surface area contributed by atoms with Crippen LogP contribution in [0, 0.1) is 0 Å². The van der Waals surface area contributed by atoms with Gasteiger partial charge in [-0.3, -0.25) is 4.79 Å². The molecule has 1 nitrogen and oxygen atoms in total. The standard InChI is InChI=1S/C14H16O/c1-11-10-13(15)8-9-14(11,2)12-6-4-3-5-7-12/h3-7,10H,8-9H2,1-2H3. The molecule has 0 heterocycles. The number of rotatable bonds is 1. The Labute approximate surface area is 90.8 Å². The maximum atomic E-state index is 11.3. The molecule has 1 heteroatoms. The van der Waals surface area contributed by atoms with Crippen LogP contribution in [0.25, 0.3) is 0 Å². The first-order valence-corrected chi connectivity index (χ1v) is 5.40. The van der Waals surface area contributed by atoms with Crippen molar-refractivity contribution in [3.63, 3.8) is 0 Å². The smallest absolute Gasteiger partial charge is 0.155 e. The summed E-state index contributed by atoms with van der Waals surface area (Å²) in [6.45, 7) is 4.28. The molecule has 0 bridgehead atoms. The van der Waals surface area contributed by atoms with Crippen LogP contribution in [0.2, 0.25) is 0 Å². The van der Waals surface area contributed by atoms with Crippen molar-refractivity contribution in [1.29, 1.82) is 0 Å². The minimum atomic E-state index is 0.0508. The summed E-state index contributed by atoms with van der Waals surface area (Å²) in [5, 5.41) is 0. The van der Waals surface area contributed by atoms with Crippen molar-refractivity contribution in [2.24, 2.45) is 0 Å². The highest BCUT2D eigenvalue weighted by molar-refractivity contribution is 5.92. The van der Waals surface area contributed by atoms with Crippen molar-refractivity contribution < 1.29 is 4.79 Å². The Hall–Kier alpha value is -1.37. The molecule has 0 fully saturated rings. The first kappa shape index (κ1) is 10.2. The third-order valence-electron chi connectivity index (χ3n) is 3.53. The zero-order valence-electron chi connectivity index (χ0n) is 9.29. The number of carbonyl (C=O) groups excluding carboxylic acids is 1. The molecule has 0 aliphatic heterocycles. The zero-order valence-corrected chi connectivity index (χ0v) is 9.29. The number of hydrogen-bond acceptors (Lipinski definition) is 1. The summed E-state index contributed by atoms with van der Waals surface area (Å²) in [5.74, 6) is 0.265. The van der Waals surface area contributed by atoms with Crippen LogP contribution in [0.5, 0.6) is 0 Å². The molecule has 1 aliphatic carbocycles. The molecule has 0 spiro atoms. The Balaban J connectivity index is 2.44. The molecule has 0 aromatic heterocycles. The van der Waals surface area contributed by atoms with E-state index in [2.05, 4.69) is 38.1 Å². The van der Waals surface area contributed by atoms with Crippen LogP contribution >= 0.6 is 0 Å². The Morgan fingerprint density at radius 2 is 1.87 bits per heavy atom. The van der Waals surface area contributed by atoms with Gasteiger partial charge in [0.2, 0.25) is 0 Å². The van der Waals surface area contributed by atoms with Crippen LogP contribution < -0.4 is 0 Å². The Kier molecular flexibility index (Phi) is 2.47. The predicted molar refractivity (Wildman–Crippen MR) is 61.8 cm³/mol. The minimum Gasteiger partial charge on any atom is -0.295 e. The lowest BCUT2D eigenvalue weighted by Crippen LogP contribution is -2.28. The van der Waals surface area contributed by atoms with Gasteiger partial charge in [-0.15, -0.1) is 0 Å². The third kappa shape index (κ3) is 1.74. The predicted octanol–water partition coefficient (Wildman–Crippen LogP) is 3.25. The zero-order chi connectivity index (χ0) is 10.9. The van der Waals surface area contributed by atoms with Crippen molar-refractivity contribution >= 4 is 5.78 Å². The molecule has 15 heavy (non-hydrogen) atoms. The van der Waals surface area contributed by atoms with Crippen LogP contribution in [0.1, 0.15) is 32.3 Å². The number of carbonyl (C=O) groups is 1. The molecule has 1 unspecified atom stereocenters. The number of ketones is 1. The third-order valence-corrected chi connectivity index (χ3v) is 3.53. The lowest BCUT2D eigenvalue weighted by atomic mass is 9.70. The molecule has 0 amide bonds. The van der Waals surface area contributed by atoms with Gasteiger partial charge in [-0.05, 0) is 25.0 Å². The molecule has 0 saturated carbocycles. The van der Waals surface area contributed by atoms with Crippen LogP contribution in [-0.2, 0) is 10.2 Å². The molecule has 0 radical (unpaired) electrons. The maximum absolute atomic E-state index is 11.3. The van der Waals surface area contributed by atoms with E-state index in [1.54, 1.807) is 6.08 Å². The van der Waals surface area contributed by atoms with Crippen molar-refractivity contribution in [3.05, 3.63) is 47.5 Å². The summed E-state index contributed by atoms with van der Waals surface area (Å²) in [7, 11) is 0. The van der Waals surface area contributed by atoms with Crippen molar-refractivity contribution in [2.75, 3.05) is 0 Å². The lowest BCUT2D eigenvalue weighted by molar-refractivity contribution is -0.115. The molecular formula is C14H16O. The molecule has 1 atom stereocenters. The Morgan fingerprint density at radius 1 is 1.20 bits per heavy atom. The van der Waals surface area contributed by atoms with E-state index in [4.69, 9.17) is 0 Å². The van der Waals surface area contributed by atoms with Gasteiger partial charge >= 0.3 is 0 Å². The lowest BCUT2D eigenvalue weighted by Gasteiger charge is -2.34. The molecule has 0 saturated heterocycles. The van der Waals surface area contributed by atoms with Crippen molar-refractivity contribution in [1.82, 2.24) is 0 Å². The van der Waals surface area contributed by atoms with E-state index in [1.807, 2.05) is 6.07 Å². The van der Waals surface area contributed by atoms with E-state index in [-0.39, 0.29) is 11.2 Å². The summed E-state index contributed by atoms with van der Waals surface area (Å²) in [5.41, 5.74) is 2.55. The summed E-state index contributed by atoms with van der Waals surface area (Å²) >= 11 is 0. The fraction of sp³-hybridized carbons (Fsp3) is 0.357. The highest BCUT2D eigenvalue weighted by Crippen LogP contribution is 2.38. The second-order valence-electron chi connectivity index (χ2n) is 4.49. The highest BCUT2D eigenvalue weighted by Gasteiger charge is 2.32. The average Bonchev–Trinajstić information content (AvgIpc) is 2.25. The van der Waals surface area contributed by atoms with Gasteiger partial charge in [-0.1, -0.05) is 42.8 Å². The van der Waals surface area contributed by atoms with Gasteiger partial charge in [-0.2, -0.15) is 0 Å². The van der Waals surface area contributed by atoms with Gasteiger partial charge in [0, 0.05) is 11.8 Å². The van der Waals surface area contributed by atoms with Crippen LogP contribution in [0.4, 0.5) is 0 Å². The molecule has 1 aromatic carbocycles. The van der Waals surface area contributed by atoms with Gasteiger partial charge in [0.15, 0.2) is 5.78 Å². The van der Waals surface area contributed by atoms with Gasteiger partial charge in [0.05, 0.1) is 0 Å². The topological polar surface area (TPSA) is 17.1 Å². The number of allylic oxidation sites excluding steroid dienone is 2. The van der Waals surface area contributed by atoms with Crippen LogP contribution in [0.3, 0.4) is 0 Å². The largest absolute Gasteiger partial charge is 0.295 e. The second-order valence-corrected chi connectivity index (χ2v) is 4.49. The molecule has 0 N–H and O–H groups in total. The fourth-order valence-corrected chi connectivity index (χ4v) is 2.22. The normalized spacial score (nSPS) is 26.3. The SMILES string of the molecule is CC1=CC(=O)CCC1(C)c1ccccc1. The number of hydrogen-bond donors (Lipinski definition) is 0.